The van der Waals surface area contributed by atoms with Crippen molar-refractivity contribution < 1.29 is 4.79 Å². The Kier molecular flexibility index (Phi) is 4.59. The highest BCUT2D eigenvalue weighted by Gasteiger charge is 2.16. The van der Waals surface area contributed by atoms with E-state index in [0.29, 0.717) is 12.3 Å². The molecule has 0 radical (unpaired) electrons. The molecule has 3 nitrogen and oxygen atoms in total. The number of nitrogens with one attached hydrogen (secondary N) is 1. The van der Waals surface area contributed by atoms with Gasteiger partial charge >= 0.3 is 0 Å². The lowest BCUT2D eigenvalue weighted by Gasteiger charge is -2.27. The first-order chi connectivity index (χ1) is 9.08. The number of nitrogens with zero attached hydrogens (tertiary/aromatic N) is 1. The zero-order chi connectivity index (χ0) is 13.8. The van der Waals surface area contributed by atoms with E-state index in [1.807, 2.05) is 4.90 Å². The molecule has 1 aromatic carbocycles. The first kappa shape index (κ1) is 14.1. The van der Waals surface area contributed by atoms with Crippen molar-refractivity contribution in [1.29, 1.82) is 0 Å². The van der Waals surface area contributed by atoms with Gasteiger partial charge in [0.05, 0.1) is 0 Å². The largest absolute Gasteiger partial charge is 0.340 e. The van der Waals surface area contributed by atoms with Gasteiger partial charge in [0.2, 0.25) is 5.91 Å². The first-order valence-corrected chi connectivity index (χ1v) is 7.13. The van der Waals surface area contributed by atoms with Crippen LogP contribution in [0.25, 0.3) is 0 Å². The van der Waals surface area contributed by atoms with Crippen molar-refractivity contribution >= 4 is 5.91 Å². The highest BCUT2D eigenvalue weighted by Crippen LogP contribution is 2.17. The van der Waals surface area contributed by atoms with E-state index < -0.39 is 0 Å². The van der Waals surface area contributed by atoms with Crippen molar-refractivity contribution in [1.82, 2.24) is 10.2 Å². The molecule has 19 heavy (non-hydrogen) atoms. The third-order valence-corrected chi connectivity index (χ3v) is 4.03. The van der Waals surface area contributed by atoms with Crippen LogP contribution < -0.4 is 5.32 Å². The molecule has 0 bridgehead atoms. The molecule has 1 N–H and O–H groups in total. The normalized spacial score (nSPS) is 15.6. The number of piperazine rings is 1. The van der Waals surface area contributed by atoms with Gasteiger partial charge in [0.25, 0.3) is 0 Å². The lowest BCUT2D eigenvalue weighted by atomic mass is 9.97. The topological polar surface area (TPSA) is 32.3 Å². The predicted molar refractivity (Wildman–Crippen MR) is 78.4 cm³/mol. The molecule has 0 aliphatic carbocycles. The summed E-state index contributed by atoms with van der Waals surface area (Å²) in [5.41, 5.74) is 5.26. The van der Waals surface area contributed by atoms with E-state index in [9.17, 15) is 4.79 Å². The summed E-state index contributed by atoms with van der Waals surface area (Å²) in [5, 5.41) is 3.27. The molecular formula is C16H24N2O. The van der Waals surface area contributed by atoms with Gasteiger partial charge < -0.3 is 10.2 Å². The standard InChI is InChI=1S/C16H24N2O/c1-12-10-14(3)15(11-13(12)2)4-5-16(19)18-8-6-17-7-9-18/h10-11,17H,4-9H2,1-3H3. The van der Waals surface area contributed by atoms with E-state index >= 15 is 0 Å². The second kappa shape index (κ2) is 6.20. The molecule has 0 spiro atoms. The highest BCUT2D eigenvalue weighted by molar-refractivity contribution is 5.76. The smallest absolute Gasteiger partial charge is 0.222 e. The van der Waals surface area contributed by atoms with Gasteiger partial charge in [-0.2, -0.15) is 0 Å². The molecule has 1 aliphatic rings. The molecule has 2 rings (SSSR count). The summed E-state index contributed by atoms with van der Waals surface area (Å²) in [5.74, 6) is 0.291. The van der Waals surface area contributed by atoms with Gasteiger partial charge in [-0.25, -0.2) is 0 Å². The molecule has 1 saturated heterocycles. The van der Waals surface area contributed by atoms with E-state index in [4.69, 9.17) is 0 Å². The number of amides is 1. The number of hydrogen-bond acceptors (Lipinski definition) is 2. The molecule has 0 atom stereocenters. The van der Waals surface area contributed by atoms with Crippen LogP contribution in [0, 0.1) is 20.8 Å². The highest BCUT2D eigenvalue weighted by atomic mass is 16.2. The number of carbonyl (C=O) groups excluding carboxylic acids is 1. The van der Waals surface area contributed by atoms with Gasteiger partial charge in [0.15, 0.2) is 0 Å². The fourth-order valence-electron chi connectivity index (χ4n) is 2.60. The number of hydrogen-bond donors (Lipinski definition) is 1. The average molecular weight is 260 g/mol. The summed E-state index contributed by atoms with van der Waals surface area (Å²) in [6.07, 6.45) is 1.49. The second-order valence-corrected chi connectivity index (χ2v) is 5.49. The summed E-state index contributed by atoms with van der Waals surface area (Å²) in [4.78, 5) is 14.1. The Morgan fingerprint density at radius 3 is 2.42 bits per heavy atom. The van der Waals surface area contributed by atoms with Gasteiger partial charge in [-0.05, 0) is 49.4 Å². The summed E-state index contributed by atoms with van der Waals surface area (Å²) in [6, 6.07) is 4.45. The number of carbonyl (C=O) groups is 1. The van der Waals surface area contributed by atoms with E-state index in [0.717, 1.165) is 32.6 Å². The van der Waals surface area contributed by atoms with Crippen LogP contribution in [0.1, 0.15) is 28.7 Å². The van der Waals surface area contributed by atoms with Gasteiger partial charge in [-0.15, -0.1) is 0 Å². The third kappa shape index (κ3) is 3.57. The Labute approximate surface area is 116 Å². The first-order valence-electron chi connectivity index (χ1n) is 7.13. The van der Waals surface area contributed by atoms with Gasteiger partial charge in [-0.3, -0.25) is 4.79 Å². The molecule has 0 aromatic heterocycles. The fraction of sp³-hybridized carbons (Fsp3) is 0.562. The average Bonchev–Trinajstić information content (AvgIpc) is 2.42. The van der Waals surface area contributed by atoms with Crippen molar-refractivity contribution in [3.8, 4) is 0 Å². The summed E-state index contributed by atoms with van der Waals surface area (Å²) in [7, 11) is 0. The van der Waals surface area contributed by atoms with Crippen LogP contribution in [-0.2, 0) is 11.2 Å². The van der Waals surface area contributed by atoms with Crippen molar-refractivity contribution in [2.24, 2.45) is 0 Å². The van der Waals surface area contributed by atoms with E-state index in [1.165, 1.54) is 22.3 Å². The fourth-order valence-corrected chi connectivity index (χ4v) is 2.60. The Balaban J connectivity index is 1.94. The van der Waals surface area contributed by atoms with E-state index in [1.54, 1.807) is 0 Å². The van der Waals surface area contributed by atoms with Crippen LogP contribution in [0.5, 0.6) is 0 Å². The van der Waals surface area contributed by atoms with Crippen LogP contribution in [0.4, 0.5) is 0 Å². The van der Waals surface area contributed by atoms with Crippen molar-refractivity contribution in [2.75, 3.05) is 26.2 Å². The maximum absolute atomic E-state index is 12.1. The van der Waals surface area contributed by atoms with E-state index in [2.05, 4.69) is 38.2 Å². The zero-order valence-electron chi connectivity index (χ0n) is 12.3. The SMILES string of the molecule is Cc1cc(C)c(CCC(=O)N2CCNCC2)cc1C. The molecule has 104 valence electrons. The summed E-state index contributed by atoms with van der Waals surface area (Å²) < 4.78 is 0. The monoisotopic (exact) mass is 260 g/mol. The summed E-state index contributed by atoms with van der Waals surface area (Å²) in [6.45, 7) is 9.96. The molecule has 1 aromatic rings. The third-order valence-electron chi connectivity index (χ3n) is 4.03. The van der Waals surface area contributed by atoms with Gasteiger partial charge in [0.1, 0.15) is 0 Å². The molecule has 1 amide bonds. The molecule has 1 aliphatic heterocycles. The number of benzene rings is 1. The van der Waals surface area contributed by atoms with Crippen LogP contribution in [-0.4, -0.2) is 37.0 Å². The molecule has 0 unspecified atom stereocenters. The minimum Gasteiger partial charge on any atom is -0.340 e. The quantitative estimate of drug-likeness (QED) is 0.901. The zero-order valence-corrected chi connectivity index (χ0v) is 12.3. The predicted octanol–water partition coefficient (Wildman–Crippen LogP) is 1.98. The minimum absolute atomic E-state index is 0.291. The van der Waals surface area contributed by atoms with Crippen molar-refractivity contribution in [3.05, 3.63) is 34.4 Å². The van der Waals surface area contributed by atoms with E-state index in [-0.39, 0.29) is 0 Å². The van der Waals surface area contributed by atoms with Gasteiger partial charge in [-0.1, -0.05) is 12.1 Å². The van der Waals surface area contributed by atoms with Crippen LogP contribution >= 0.6 is 0 Å². The molecule has 3 heteroatoms. The molecular weight excluding hydrogens is 236 g/mol. The van der Waals surface area contributed by atoms with Crippen molar-refractivity contribution in [3.63, 3.8) is 0 Å². The molecule has 1 fully saturated rings. The molecule has 1 heterocycles. The van der Waals surface area contributed by atoms with Crippen molar-refractivity contribution in [2.45, 2.75) is 33.6 Å². The van der Waals surface area contributed by atoms with Gasteiger partial charge in [0, 0.05) is 32.6 Å². The summed E-state index contributed by atoms with van der Waals surface area (Å²) >= 11 is 0. The maximum atomic E-state index is 12.1. The number of aryl methyl sites for hydroxylation is 4. The van der Waals surface area contributed by atoms with Crippen LogP contribution in [0.2, 0.25) is 0 Å². The Morgan fingerprint density at radius 2 is 1.74 bits per heavy atom. The molecule has 0 saturated carbocycles. The maximum Gasteiger partial charge on any atom is 0.222 e. The second-order valence-electron chi connectivity index (χ2n) is 5.49. The van der Waals surface area contributed by atoms with Crippen LogP contribution in [0.3, 0.4) is 0 Å². The Hall–Kier alpha value is -1.35. The van der Waals surface area contributed by atoms with Crippen LogP contribution in [0.15, 0.2) is 12.1 Å². The lowest BCUT2D eigenvalue weighted by molar-refractivity contribution is -0.131. The minimum atomic E-state index is 0.291. The Morgan fingerprint density at radius 1 is 1.11 bits per heavy atom. The lowest BCUT2D eigenvalue weighted by Crippen LogP contribution is -2.46. The number of rotatable bonds is 3. The Bertz CT molecular complexity index is 462.